The molecule has 2 unspecified atom stereocenters. The second-order valence-electron chi connectivity index (χ2n) is 4.17. The number of hydrogen-bond donors (Lipinski definition) is 3. The summed E-state index contributed by atoms with van der Waals surface area (Å²) in [4.78, 5) is 23.7. The first-order valence-electron chi connectivity index (χ1n) is 5.25. The van der Waals surface area contributed by atoms with Crippen LogP contribution in [0, 0.1) is 0 Å². The maximum absolute atomic E-state index is 11.3. The Kier molecular flexibility index (Phi) is 6.48. The third-order valence-electron chi connectivity index (χ3n) is 2.30. The molecule has 0 aromatic heterocycles. The molecular weight excluding hydrogens is 210 g/mol. The zero-order valence-corrected chi connectivity index (χ0v) is 10.3. The monoisotopic (exact) mass is 231 g/mol. The predicted molar refractivity (Wildman–Crippen MR) is 61.4 cm³/mol. The van der Waals surface area contributed by atoms with Gasteiger partial charge in [-0.05, 0) is 27.9 Å². The highest BCUT2D eigenvalue weighted by Gasteiger charge is 2.11. The second kappa shape index (κ2) is 7.05. The van der Waals surface area contributed by atoms with Gasteiger partial charge in [-0.25, -0.2) is 4.79 Å². The SMILES string of the molecule is CC(CC(=O)O)NC(=O)NCC(C)N(C)C. The van der Waals surface area contributed by atoms with E-state index in [2.05, 4.69) is 10.6 Å². The van der Waals surface area contributed by atoms with E-state index in [9.17, 15) is 9.59 Å². The molecule has 0 spiro atoms. The quantitative estimate of drug-likeness (QED) is 0.605. The number of nitrogens with zero attached hydrogens (tertiary/aromatic N) is 1. The van der Waals surface area contributed by atoms with E-state index in [4.69, 9.17) is 5.11 Å². The summed E-state index contributed by atoms with van der Waals surface area (Å²) >= 11 is 0. The molecule has 0 radical (unpaired) electrons. The number of urea groups is 1. The van der Waals surface area contributed by atoms with Crippen LogP contribution < -0.4 is 10.6 Å². The number of aliphatic carboxylic acids is 1. The van der Waals surface area contributed by atoms with Crippen LogP contribution in [0.2, 0.25) is 0 Å². The molecule has 3 N–H and O–H groups in total. The molecule has 94 valence electrons. The molecule has 0 aromatic rings. The van der Waals surface area contributed by atoms with Crippen molar-refractivity contribution in [1.29, 1.82) is 0 Å². The first-order valence-corrected chi connectivity index (χ1v) is 5.25. The summed E-state index contributed by atoms with van der Waals surface area (Å²) in [6.07, 6.45) is -0.0728. The lowest BCUT2D eigenvalue weighted by atomic mass is 10.2. The average Bonchev–Trinajstić information content (AvgIpc) is 2.12. The van der Waals surface area contributed by atoms with Crippen molar-refractivity contribution in [3.8, 4) is 0 Å². The number of rotatable bonds is 6. The van der Waals surface area contributed by atoms with Crippen LogP contribution in [-0.4, -0.2) is 54.7 Å². The lowest BCUT2D eigenvalue weighted by Gasteiger charge is -2.20. The largest absolute Gasteiger partial charge is 0.481 e. The van der Waals surface area contributed by atoms with Crippen LogP contribution >= 0.6 is 0 Å². The van der Waals surface area contributed by atoms with E-state index in [1.54, 1.807) is 6.92 Å². The van der Waals surface area contributed by atoms with Crippen LogP contribution in [0.5, 0.6) is 0 Å². The number of nitrogens with one attached hydrogen (secondary N) is 2. The van der Waals surface area contributed by atoms with E-state index in [1.807, 2.05) is 25.9 Å². The van der Waals surface area contributed by atoms with Crippen molar-refractivity contribution >= 4 is 12.0 Å². The Labute approximate surface area is 96.0 Å². The molecule has 0 aromatic carbocycles. The molecule has 0 aliphatic carbocycles. The maximum Gasteiger partial charge on any atom is 0.315 e. The van der Waals surface area contributed by atoms with E-state index >= 15 is 0 Å². The van der Waals surface area contributed by atoms with Gasteiger partial charge in [-0.1, -0.05) is 0 Å². The average molecular weight is 231 g/mol. The summed E-state index contributed by atoms with van der Waals surface area (Å²) in [5, 5.41) is 13.7. The Morgan fingerprint density at radius 3 is 2.31 bits per heavy atom. The standard InChI is InChI=1S/C10H21N3O3/c1-7(5-9(14)15)12-10(16)11-6-8(2)13(3)4/h7-8H,5-6H2,1-4H3,(H,14,15)(H2,11,12,16). The summed E-state index contributed by atoms with van der Waals surface area (Å²) in [6, 6.07) is -0.463. The van der Waals surface area contributed by atoms with Crippen LogP contribution in [-0.2, 0) is 4.79 Å². The number of carboxylic acids is 1. The minimum absolute atomic E-state index is 0.0728. The van der Waals surface area contributed by atoms with Gasteiger partial charge in [0.15, 0.2) is 0 Å². The number of carbonyl (C=O) groups is 2. The van der Waals surface area contributed by atoms with Gasteiger partial charge in [-0.3, -0.25) is 4.79 Å². The minimum atomic E-state index is -0.922. The Morgan fingerprint density at radius 2 is 1.88 bits per heavy atom. The Morgan fingerprint density at radius 1 is 1.31 bits per heavy atom. The van der Waals surface area contributed by atoms with Crippen LogP contribution in [0.4, 0.5) is 4.79 Å². The summed E-state index contributed by atoms with van der Waals surface area (Å²) in [7, 11) is 3.86. The molecular formula is C10H21N3O3. The maximum atomic E-state index is 11.3. The van der Waals surface area contributed by atoms with Gasteiger partial charge in [-0.2, -0.15) is 0 Å². The molecule has 0 rings (SSSR count). The van der Waals surface area contributed by atoms with E-state index in [-0.39, 0.29) is 24.5 Å². The Bertz CT molecular complexity index is 243. The van der Waals surface area contributed by atoms with Gasteiger partial charge >= 0.3 is 12.0 Å². The molecule has 16 heavy (non-hydrogen) atoms. The molecule has 0 saturated carbocycles. The van der Waals surface area contributed by atoms with Crippen molar-refractivity contribution in [2.75, 3.05) is 20.6 Å². The van der Waals surface area contributed by atoms with Crippen molar-refractivity contribution in [3.05, 3.63) is 0 Å². The predicted octanol–water partition coefficient (Wildman–Crippen LogP) is 0.0989. The highest BCUT2D eigenvalue weighted by Crippen LogP contribution is 1.91. The summed E-state index contributed by atoms with van der Waals surface area (Å²) < 4.78 is 0. The third kappa shape index (κ3) is 7.05. The van der Waals surface area contributed by atoms with Crippen molar-refractivity contribution < 1.29 is 14.7 Å². The van der Waals surface area contributed by atoms with Crippen LogP contribution in [0.1, 0.15) is 20.3 Å². The third-order valence-corrected chi connectivity index (χ3v) is 2.30. The van der Waals surface area contributed by atoms with Crippen LogP contribution in [0.25, 0.3) is 0 Å². The Hall–Kier alpha value is -1.30. The number of likely N-dealkylation sites (N-methyl/N-ethyl adjacent to an activating group) is 1. The molecule has 2 amide bonds. The van der Waals surface area contributed by atoms with Crippen molar-refractivity contribution in [2.24, 2.45) is 0 Å². The van der Waals surface area contributed by atoms with E-state index < -0.39 is 5.97 Å². The van der Waals surface area contributed by atoms with Crippen molar-refractivity contribution in [3.63, 3.8) is 0 Å². The molecule has 6 nitrogen and oxygen atoms in total. The summed E-state index contributed by atoms with van der Waals surface area (Å²) in [6.45, 7) is 4.17. The molecule has 0 aliphatic rings. The fraction of sp³-hybridized carbons (Fsp3) is 0.800. The normalized spacial score (nSPS) is 14.3. The van der Waals surface area contributed by atoms with Gasteiger partial charge < -0.3 is 20.6 Å². The molecule has 0 heterocycles. The van der Waals surface area contributed by atoms with Gasteiger partial charge in [0.2, 0.25) is 0 Å². The number of carbonyl (C=O) groups excluding carboxylic acids is 1. The van der Waals surface area contributed by atoms with E-state index in [0.29, 0.717) is 6.54 Å². The zero-order chi connectivity index (χ0) is 12.7. The van der Waals surface area contributed by atoms with E-state index in [0.717, 1.165) is 0 Å². The van der Waals surface area contributed by atoms with Gasteiger partial charge in [0, 0.05) is 18.6 Å². The zero-order valence-electron chi connectivity index (χ0n) is 10.3. The second-order valence-corrected chi connectivity index (χ2v) is 4.17. The molecule has 0 fully saturated rings. The fourth-order valence-corrected chi connectivity index (χ4v) is 1.01. The topological polar surface area (TPSA) is 81.7 Å². The lowest BCUT2D eigenvalue weighted by Crippen LogP contribution is -2.46. The molecule has 0 saturated heterocycles. The number of carboxylic acid groups (broad SMARTS) is 1. The van der Waals surface area contributed by atoms with Crippen molar-refractivity contribution in [1.82, 2.24) is 15.5 Å². The molecule has 0 bridgehead atoms. The Balaban J connectivity index is 3.78. The lowest BCUT2D eigenvalue weighted by molar-refractivity contribution is -0.137. The summed E-state index contributed by atoms with van der Waals surface area (Å²) in [5.74, 6) is -0.922. The van der Waals surface area contributed by atoms with Gasteiger partial charge in [0.05, 0.1) is 6.42 Å². The van der Waals surface area contributed by atoms with Crippen LogP contribution in [0.15, 0.2) is 0 Å². The van der Waals surface area contributed by atoms with Gasteiger partial charge in [0.1, 0.15) is 0 Å². The first kappa shape index (κ1) is 14.7. The fourth-order valence-electron chi connectivity index (χ4n) is 1.01. The number of amides is 2. The highest BCUT2D eigenvalue weighted by atomic mass is 16.4. The molecule has 0 aliphatic heterocycles. The minimum Gasteiger partial charge on any atom is -0.481 e. The summed E-state index contributed by atoms with van der Waals surface area (Å²) in [5.41, 5.74) is 0. The smallest absolute Gasteiger partial charge is 0.315 e. The van der Waals surface area contributed by atoms with Crippen molar-refractivity contribution in [2.45, 2.75) is 32.4 Å². The van der Waals surface area contributed by atoms with E-state index in [1.165, 1.54) is 0 Å². The first-order chi connectivity index (χ1) is 7.32. The molecule has 6 heteroatoms. The van der Waals surface area contributed by atoms with Gasteiger partial charge in [0.25, 0.3) is 0 Å². The highest BCUT2D eigenvalue weighted by molar-refractivity contribution is 5.75. The molecule has 2 atom stereocenters. The van der Waals surface area contributed by atoms with Crippen LogP contribution in [0.3, 0.4) is 0 Å². The van der Waals surface area contributed by atoms with Gasteiger partial charge in [-0.15, -0.1) is 0 Å². The number of hydrogen-bond acceptors (Lipinski definition) is 3.